The summed E-state index contributed by atoms with van der Waals surface area (Å²) in [5.74, 6) is 1.05. The monoisotopic (exact) mass is 268 g/mol. The highest BCUT2D eigenvalue weighted by molar-refractivity contribution is 7.15. The largest absolute Gasteiger partial charge is 0.391 e. The zero-order valence-electron chi connectivity index (χ0n) is 11.8. The third kappa shape index (κ3) is 2.54. The molecular formula is C14H24N2OS. The first-order valence-corrected chi connectivity index (χ1v) is 7.73. The number of anilines is 1. The maximum Gasteiger partial charge on any atom is 0.186 e. The molecule has 1 aliphatic rings. The Kier molecular flexibility index (Phi) is 4.28. The molecule has 0 saturated carbocycles. The van der Waals surface area contributed by atoms with Crippen molar-refractivity contribution in [1.29, 1.82) is 0 Å². The lowest BCUT2D eigenvalue weighted by Crippen LogP contribution is -2.33. The van der Waals surface area contributed by atoms with Gasteiger partial charge in [0.25, 0.3) is 0 Å². The predicted molar refractivity (Wildman–Crippen MR) is 77.3 cm³/mol. The SMILES string of the molecule is CC(C)c1nc(N2CCCC2C(C)C)sc1CO. The van der Waals surface area contributed by atoms with E-state index in [0.29, 0.717) is 17.9 Å². The fourth-order valence-corrected chi connectivity index (χ4v) is 3.92. The highest BCUT2D eigenvalue weighted by Gasteiger charge is 2.30. The van der Waals surface area contributed by atoms with Crippen molar-refractivity contribution in [3.8, 4) is 0 Å². The average molecular weight is 268 g/mol. The van der Waals surface area contributed by atoms with Gasteiger partial charge in [0.05, 0.1) is 17.2 Å². The summed E-state index contributed by atoms with van der Waals surface area (Å²) in [5, 5.41) is 10.6. The Morgan fingerprint density at radius 1 is 1.39 bits per heavy atom. The van der Waals surface area contributed by atoms with Crippen LogP contribution in [0, 0.1) is 5.92 Å². The first-order chi connectivity index (χ1) is 8.54. The van der Waals surface area contributed by atoms with Crippen molar-refractivity contribution in [2.75, 3.05) is 11.4 Å². The molecule has 0 aliphatic carbocycles. The van der Waals surface area contributed by atoms with E-state index in [9.17, 15) is 5.11 Å². The average Bonchev–Trinajstić information content (AvgIpc) is 2.94. The van der Waals surface area contributed by atoms with Crippen molar-refractivity contribution < 1.29 is 5.11 Å². The van der Waals surface area contributed by atoms with Crippen LogP contribution in [0.4, 0.5) is 5.13 Å². The summed E-state index contributed by atoms with van der Waals surface area (Å²) in [7, 11) is 0. The zero-order chi connectivity index (χ0) is 13.3. The van der Waals surface area contributed by atoms with Crippen molar-refractivity contribution in [3.05, 3.63) is 10.6 Å². The van der Waals surface area contributed by atoms with Crippen LogP contribution in [-0.2, 0) is 6.61 Å². The smallest absolute Gasteiger partial charge is 0.186 e. The molecule has 4 heteroatoms. The van der Waals surface area contributed by atoms with Crippen LogP contribution in [0.15, 0.2) is 0 Å². The van der Waals surface area contributed by atoms with E-state index < -0.39 is 0 Å². The van der Waals surface area contributed by atoms with E-state index in [0.717, 1.165) is 22.2 Å². The standard InChI is InChI=1S/C14H24N2OS/c1-9(2)11-6-5-7-16(11)14-15-13(10(3)4)12(8-17)18-14/h9-11,17H,5-8H2,1-4H3. The fourth-order valence-electron chi connectivity index (χ4n) is 2.76. The molecule has 18 heavy (non-hydrogen) atoms. The van der Waals surface area contributed by atoms with Gasteiger partial charge in [-0.25, -0.2) is 4.98 Å². The van der Waals surface area contributed by atoms with Gasteiger partial charge in [0.15, 0.2) is 5.13 Å². The van der Waals surface area contributed by atoms with Gasteiger partial charge in [0, 0.05) is 12.6 Å². The Bertz CT molecular complexity index is 400. The molecule has 3 nitrogen and oxygen atoms in total. The quantitative estimate of drug-likeness (QED) is 0.909. The Morgan fingerprint density at radius 3 is 2.61 bits per heavy atom. The molecule has 0 amide bonds. The third-order valence-corrected chi connectivity index (χ3v) is 4.81. The molecule has 1 fully saturated rings. The summed E-state index contributed by atoms with van der Waals surface area (Å²) in [6, 6.07) is 0.614. The Morgan fingerprint density at radius 2 is 2.11 bits per heavy atom. The van der Waals surface area contributed by atoms with E-state index >= 15 is 0 Å². The summed E-state index contributed by atoms with van der Waals surface area (Å²) in [4.78, 5) is 8.26. The summed E-state index contributed by atoms with van der Waals surface area (Å²) >= 11 is 1.67. The van der Waals surface area contributed by atoms with Crippen LogP contribution in [0.25, 0.3) is 0 Å². The molecule has 0 spiro atoms. The molecule has 1 aromatic heterocycles. The molecule has 1 saturated heterocycles. The van der Waals surface area contributed by atoms with Crippen LogP contribution in [-0.4, -0.2) is 22.7 Å². The lowest BCUT2D eigenvalue weighted by Gasteiger charge is -2.27. The highest BCUT2D eigenvalue weighted by atomic mass is 32.1. The van der Waals surface area contributed by atoms with Crippen molar-refractivity contribution in [1.82, 2.24) is 4.98 Å². The van der Waals surface area contributed by atoms with E-state index in [1.807, 2.05) is 0 Å². The second-order valence-electron chi connectivity index (χ2n) is 5.76. The van der Waals surface area contributed by atoms with E-state index in [2.05, 4.69) is 32.6 Å². The molecular weight excluding hydrogens is 244 g/mol. The third-order valence-electron chi connectivity index (χ3n) is 3.72. The van der Waals surface area contributed by atoms with Gasteiger partial charge in [0.1, 0.15) is 0 Å². The molecule has 1 atom stereocenters. The molecule has 2 rings (SSSR count). The lowest BCUT2D eigenvalue weighted by atomic mass is 10.0. The van der Waals surface area contributed by atoms with Crippen molar-refractivity contribution in [2.24, 2.45) is 5.92 Å². The van der Waals surface area contributed by atoms with Gasteiger partial charge >= 0.3 is 0 Å². The van der Waals surface area contributed by atoms with Crippen LogP contribution < -0.4 is 4.90 Å². The Labute approximate surface area is 114 Å². The number of aliphatic hydroxyl groups excluding tert-OH is 1. The number of aliphatic hydroxyl groups is 1. The number of hydrogen-bond acceptors (Lipinski definition) is 4. The molecule has 1 aliphatic heterocycles. The van der Waals surface area contributed by atoms with Gasteiger partial charge in [-0.15, -0.1) is 0 Å². The van der Waals surface area contributed by atoms with Crippen LogP contribution in [0.1, 0.15) is 57.0 Å². The first kappa shape index (κ1) is 13.8. The second-order valence-corrected chi connectivity index (χ2v) is 6.83. The molecule has 2 heterocycles. The maximum atomic E-state index is 9.45. The minimum atomic E-state index is 0.116. The van der Waals surface area contributed by atoms with Crippen LogP contribution in [0.3, 0.4) is 0 Å². The molecule has 1 unspecified atom stereocenters. The number of hydrogen-bond donors (Lipinski definition) is 1. The minimum absolute atomic E-state index is 0.116. The van der Waals surface area contributed by atoms with Crippen LogP contribution >= 0.6 is 11.3 Å². The van der Waals surface area contributed by atoms with Gasteiger partial charge in [-0.3, -0.25) is 0 Å². The molecule has 1 aromatic rings. The first-order valence-electron chi connectivity index (χ1n) is 6.91. The lowest BCUT2D eigenvalue weighted by molar-refractivity contribution is 0.283. The van der Waals surface area contributed by atoms with Gasteiger partial charge in [0.2, 0.25) is 0 Å². The summed E-state index contributed by atoms with van der Waals surface area (Å²) in [6.07, 6.45) is 2.52. The van der Waals surface area contributed by atoms with Gasteiger partial charge < -0.3 is 10.0 Å². The van der Waals surface area contributed by atoms with E-state index in [1.165, 1.54) is 12.8 Å². The normalized spacial score (nSPS) is 20.4. The van der Waals surface area contributed by atoms with E-state index in [4.69, 9.17) is 4.98 Å². The van der Waals surface area contributed by atoms with Gasteiger partial charge in [-0.2, -0.15) is 0 Å². The summed E-state index contributed by atoms with van der Waals surface area (Å²) in [6.45, 7) is 10.1. The van der Waals surface area contributed by atoms with Crippen molar-refractivity contribution in [2.45, 2.75) is 59.1 Å². The van der Waals surface area contributed by atoms with E-state index in [1.54, 1.807) is 11.3 Å². The molecule has 0 bridgehead atoms. The summed E-state index contributed by atoms with van der Waals surface area (Å²) < 4.78 is 0. The van der Waals surface area contributed by atoms with E-state index in [-0.39, 0.29) is 6.61 Å². The number of nitrogens with zero attached hydrogens (tertiary/aromatic N) is 2. The van der Waals surface area contributed by atoms with Crippen molar-refractivity contribution in [3.63, 3.8) is 0 Å². The van der Waals surface area contributed by atoms with Gasteiger partial charge in [-0.1, -0.05) is 39.0 Å². The maximum absolute atomic E-state index is 9.45. The van der Waals surface area contributed by atoms with Crippen molar-refractivity contribution >= 4 is 16.5 Å². The van der Waals surface area contributed by atoms with Gasteiger partial charge in [-0.05, 0) is 24.7 Å². The number of thiazole rings is 1. The number of aromatic nitrogens is 1. The topological polar surface area (TPSA) is 36.4 Å². The molecule has 1 N–H and O–H groups in total. The molecule has 102 valence electrons. The second kappa shape index (κ2) is 5.57. The predicted octanol–water partition coefficient (Wildman–Crippen LogP) is 3.38. The minimum Gasteiger partial charge on any atom is -0.391 e. The highest BCUT2D eigenvalue weighted by Crippen LogP contribution is 2.36. The fraction of sp³-hybridized carbons (Fsp3) is 0.786. The number of rotatable bonds is 4. The molecule has 0 radical (unpaired) electrons. The van der Waals surface area contributed by atoms with Crippen LogP contribution in [0.5, 0.6) is 0 Å². The molecule has 0 aromatic carbocycles. The Balaban J connectivity index is 2.28. The zero-order valence-corrected chi connectivity index (χ0v) is 12.6. The Hall–Kier alpha value is -0.610. The summed E-state index contributed by atoms with van der Waals surface area (Å²) in [5.41, 5.74) is 1.08. The van der Waals surface area contributed by atoms with Crippen LogP contribution in [0.2, 0.25) is 0 Å².